The fourth-order valence-corrected chi connectivity index (χ4v) is 3.34. The smallest absolute Gasteiger partial charge is 0.303 e. The summed E-state index contributed by atoms with van der Waals surface area (Å²) in [4.78, 5) is 24.4. The molecule has 0 spiro atoms. The van der Waals surface area contributed by atoms with E-state index in [-0.39, 0.29) is 24.1 Å². The largest absolute Gasteiger partial charge is 0.481 e. The highest BCUT2D eigenvalue weighted by molar-refractivity contribution is 7.98. The van der Waals surface area contributed by atoms with Gasteiger partial charge < -0.3 is 15.3 Å². The van der Waals surface area contributed by atoms with Crippen LogP contribution < -0.4 is 5.32 Å². The Bertz CT molecular complexity index is 500. The summed E-state index contributed by atoms with van der Waals surface area (Å²) in [5.41, 5.74) is 1.31. The molecule has 0 aliphatic carbocycles. The van der Waals surface area contributed by atoms with E-state index in [2.05, 4.69) is 35.0 Å². The van der Waals surface area contributed by atoms with Gasteiger partial charge in [-0.25, -0.2) is 0 Å². The topological polar surface area (TPSA) is 69.6 Å². The maximum atomic E-state index is 11.5. The highest BCUT2D eigenvalue weighted by atomic mass is 32.2. The van der Waals surface area contributed by atoms with E-state index in [1.54, 1.807) is 0 Å². The van der Waals surface area contributed by atoms with Crippen LogP contribution >= 0.6 is 24.4 Å². The zero-order valence-electron chi connectivity index (χ0n) is 14.0. The predicted octanol–water partition coefficient (Wildman–Crippen LogP) is 2.13. The normalized spacial score (nSPS) is 12.1. The van der Waals surface area contributed by atoms with Crippen LogP contribution in [0.1, 0.15) is 18.4 Å². The first-order valence-electron chi connectivity index (χ1n) is 7.93. The number of carbonyl (C=O) groups excluding carboxylic acids is 1. The highest BCUT2D eigenvalue weighted by Crippen LogP contribution is 2.11. The molecule has 0 aliphatic heterocycles. The summed E-state index contributed by atoms with van der Waals surface area (Å²) in [5, 5.41) is 11.7. The van der Waals surface area contributed by atoms with Gasteiger partial charge in [-0.1, -0.05) is 30.3 Å². The Morgan fingerprint density at radius 1 is 1.33 bits per heavy atom. The zero-order chi connectivity index (χ0) is 17.8. The third kappa shape index (κ3) is 9.85. The lowest BCUT2D eigenvalue weighted by Crippen LogP contribution is -2.44. The summed E-state index contributed by atoms with van der Waals surface area (Å²) in [6.45, 7) is 1.52. The number of benzene rings is 1. The lowest BCUT2D eigenvalue weighted by atomic mass is 10.1. The molecule has 2 N–H and O–H groups in total. The molecule has 24 heavy (non-hydrogen) atoms. The van der Waals surface area contributed by atoms with Gasteiger partial charge in [0.25, 0.3) is 0 Å². The molecule has 0 fully saturated rings. The average molecular weight is 371 g/mol. The van der Waals surface area contributed by atoms with Crippen LogP contribution in [0.4, 0.5) is 0 Å². The molecule has 1 rings (SSSR count). The Kier molecular flexibility index (Phi) is 10.6. The number of thiol groups is 1. The summed E-state index contributed by atoms with van der Waals surface area (Å²) < 4.78 is 0. The lowest BCUT2D eigenvalue weighted by molar-refractivity contribution is -0.137. The van der Waals surface area contributed by atoms with Crippen molar-refractivity contribution in [3.05, 3.63) is 35.9 Å². The Balaban J connectivity index is 2.30. The van der Waals surface area contributed by atoms with Crippen LogP contribution in [-0.2, 0) is 15.3 Å². The molecule has 1 aromatic carbocycles. The molecule has 0 aromatic heterocycles. The fourth-order valence-electron chi connectivity index (χ4n) is 2.23. The van der Waals surface area contributed by atoms with Crippen molar-refractivity contribution < 1.29 is 14.7 Å². The fraction of sp³-hybridized carbons (Fsp3) is 0.529. The van der Waals surface area contributed by atoms with Gasteiger partial charge in [-0.3, -0.25) is 9.59 Å². The summed E-state index contributed by atoms with van der Waals surface area (Å²) >= 11 is 5.81. The SMILES string of the molecule is CN(CCSCc1ccccc1)CC(CCC(=O)O)NC(=O)CS. The van der Waals surface area contributed by atoms with Crippen molar-refractivity contribution in [3.63, 3.8) is 0 Å². The van der Waals surface area contributed by atoms with Crippen LogP contribution in [0.15, 0.2) is 30.3 Å². The first-order chi connectivity index (χ1) is 11.5. The monoisotopic (exact) mass is 370 g/mol. The van der Waals surface area contributed by atoms with Gasteiger partial charge in [0.05, 0.1) is 5.75 Å². The maximum absolute atomic E-state index is 11.5. The van der Waals surface area contributed by atoms with E-state index in [4.69, 9.17) is 5.11 Å². The van der Waals surface area contributed by atoms with Crippen molar-refractivity contribution in [2.45, 2.75) is 24.6 Å². The number of hydrogen-bond donors (Lipinski definition) is 3. The molecule has 0 saturated heterocycles. The van der Waals surface area contributed by atoms with E-state index in [1.807, 2.05) is 37.0 Å². The van der Waals surface area contributed by atoms with Crippen LogP contribution in [0.2, 0.25) is 0 Å². The number of carboxylic acids is 1. The molecular formula is C17H26N2O3S2. The van der Waals surface area contributed by atoms with Crippen LogP contribution in [0.3, 0.4) is 0 Å². The summed E-state index contributed by atoms with van der Waals surface area (Å²) in [7, 11) is 1.99. The number of carboxylic acid groups (broad SMARTS) is 1. The summed E-state index contributed by atoms with van der Waals surface area (Å²) in [6, 6.07) is 10.2. The van der Waals surface area contributed by atoms with Gasteiger partial charge in [-0.05, 0) is 19.0 Å². The maximum Gasteiger partial charge on any atom is 0.303 e. The molecule has 1 atom stereocenters. The second-order valence-electron chi connectivity index (χ2n) is 5.66. The number of thioether (sulfide) groups is 1. The molecule has 1 amide bonds. The van der Waals surface area contributed by atoms with E-state index >= 15 is 0 Å². The Labute approximate surface area is 153 Å². The Morgan fingerprint density at radius 2 is 2.04 bits per heavy atom. The minimum absolute atomic E-state index is 0.0497. The molecule has 0 heterocycles. The number of nitrogens with one attached hydrogen (secondary N) is 1. The first-order valence-corrected chi connectivity index (χ1v) is 9.72. The molecule has 0 saturated carbocycles. The molecule has 0 aliphatic rings. The molecule has 5 nitrogen and oxygen atoms in total. The number of aliphatic carboxylic acids is 1. The molecule has 0 bridgehead atoms. The van der Waals surface area contributed by atoms with E-state index in [0.29, 0.717) is 13.0 Å². The van der Waals surface area contributed by atoms with Gasteiger partial charge in [-0.15, -0.1) is 0 Å². The number of amides is 1. The van der Waals surface area contributed by atoms with E-state index in [1.165, 1.54) is 5.56 Å². The van der Waals surface area contributed by atoms with Gasteiger partial charge in [0.2, 0.25) is 5.91 Å². The van der Waals surface area contributed by atoms with Crippen molar-refractivity contribution in [1.82, 2.24) is 10.2 Å². The minimum atomic E-state index is -0.846. The van der Waals surface area contributed by atoms with Crippen molar-refractivity contribution in [3.8, 4) is 0 Å². The molecule has 7 heteroatoms. The molecule has 0 radical (unpaired) electrons. The second-order valence-corrected chi connectivity index (χ2v) is 7.08. The van der Waals surface area contributed by atoms with Gasteiger partial charge in [-0.2, -0.15) is 24.4 Å². The van der Waals surface area contributed by atoms with Gasteiger partial charge in [0, 0.05) is 37.1 Å². The summed E-state index contributed by atoms with van der Waals surface area (Å²) in [5.74, 6) is 1.06. The number of rotatable bonds is 12. The number of carbonyl (C=O) groups is 2. The van der Waals surface area contributed by atoms with Gasteiger partial charge in [0.1, 0.15) is 0 Å². The Morgan fingerprint density at radius 3 is 2.67 bits per heavy atom. The standard InChI is InChI=1S/C17H26N2O3S2/c1-19(9-10-24-13-14-5-3-2-4-6-14)11-15(7-8-17(21)22)18-16(20)12-23/h2-6,15,23H,7-13H2,1H3,(H,18,20)(H,21,22). The third-order valence-electron chi connectivity index (χ3n) is 3.48. The average Bonchev–Trinajstić information content (AvgIpc) is 2.57. The van der Waals surface area contributed by atoms with Crippen LogP contribution in [0, 0.1) is 0 Å². The molecule has 1 aromatic rings. The van der Waals surface area contributed by atoms with E-state index in [9.17, 15) is 9.59 Å². The molecular weight excluding hydrogens is 344 g/mol. The van der Waals surface area contributed by atoms with Crippen molar-refractivity contribution >= 4 is 36.3 Å². The van der Waals surface area contributed by atoms with Crippen LogP contribution in [-0.4, -0.2) is 59.6 Å². The quantitative estimate of drug-likeness (QED) is 0.388. The Hall–Kier alpha value is -1.18. The van der Waals surface area contributed by atoms with Crippen molar-refractivity contribution in [2.24, 2.45) is 0 Å². The van der Waals surface area contributed by atoms with E-state index < -0.39 is 5.97 Å². The van der Waals surface area contributed by atoms with E-state index in [0.717, 1.165) is 18.1 Å². The van der Waals surface area contributed by atoms with Gasteiger partial charge in [0.15, 0.2) is 0 Å². The first kappa shape index (κ1) is 20.9. The third-order valence-corrected chi connectivity index (χ3v) is 4.77. The summed E-state index contributed by atoms with van der Waals surface area (Å²) in [6.07, 6.45) is 0.477. The van der Waals surface area contributed by atoms with Gasteiger partial charge >= 0.3 is 5.97 Å². The second kappa shape index (κ2) is 12.2. The number of likely N-dealkylation sites (N-methyl/N-ethyl adjacent to an activating group) is 1. The lowest BCUT2D eigenvalue weighted by Gasteiger charge is -2.24. The number of nitrogens with zero attached hydrogens (tertiary/aromatic N) is 1. The van der Waals surface area contributed by atoms with Crippen molar-refractivity contribution in [1.29, 1.82) is 0 Å². The van der Waals surface area contributed by atoms with Crippen LogP contribution in [0.5, 0.6) is 0 Å². The molecule has 134 valence electrons. The zero-order valence-corrected chi connectivity index (χ0v) is 15.7. The molecule has 1 unspecified atom stereocenters. The highest BCUT2D eigenvalue weighted by Gasteiger charge is 2.15. The minimum Gasteiger partial charge on any atom is -0.481 e. The van der Waals surface area contributed by atoms with Crippen molar-refractivity contribution in [2.75, 3.05) is 31.6 Å². The van der Waals surface area contributed by atoms with Crippen LogP contribution in [0.25, 0.3) is 0 Å². The number of hydrogen-bond acceptors (Lipinski definition) is 5. The predicted molar refractivity (Wildman–Crippen MR) is 103 cm³/mol.